The molecular formula is C34H54N8O11. The number of alkyl carbamates (subject to hydrolysis) is 1. The summed E-state index contributed by atoms with van der Waals surface area (Å²) >= 11 is 0. The number of anilines is 1. The zero-order chi connectivity index (χ0) is 40.5. The number of esters is 1. The molecule has 0 fully saturated rings. The molecule has 0 aliphatic rings. The molecule has 1 aromatic rings. The van der Waals surface area contributed by atoms with Gasteiger partial charge in [-0.15, -0.1) is 0 Å². The molecule has 0 radical (unpaired) electrons. The fraction of sp³-hybridized carbons (Fsp3) is 0.588. The molecule has 0 saturated carbocycles. The van der Waals surface area contributed by atoms with E-state index >= 15 is 0 Å². The van der Waals surface area contributed by atoms with Crippen LogP contribution in [0.2, 0.25) is 0 Å². The highest BCUT2D eigenvalue weighted by molar-refractivity contribution is 5.99. The molecule has 19 heteroatoms. The molecule has 0 aliphatic heterocycles. The van der Waals surface area contributed by atoms with Crippen LogP contribution in [0, 0.1) is 5.92 Å². The summed E-state index contributed by atoms with van der Waals surface area (Å²) < 4.78 is 10.2. The van der Waals surface area contributed by atoms with Crippen LogP contribution in [0.1, 0.15) is 79.9 Å². The van der Waals surface area contributed by atoms with Crippen molar-refractivity contribution < 1.29 is 52.9 Å². The minimum absolute atomic E-state index is 0.0567. The number of benzene rings is 1. The van der Waals surface area contributed by atoms with Crippen molar-refractivity contribution in [2.24, 2.45) is 11.7 Å². The first-order chi connectivity index (χ1) is 24.5. The van der Waals surface area contributed by atoms with Crippen LogP contribution in [0.4, 0.5) is 15.3 Å². The summed E-state index contributed by atoms with van der Waals surface area (Å²) in [7, 11) is 0. The summed E-state index contributed by atoms with van der Waals surface area (Å²) in [4.78, 5) is 98.5. The summed E-state index contributed by atoms with van der Waals surface area (Å²) in [5.74, 6) is -4.77. The van der Waals surface area contributed by atoms with Crippen molar-refractivity contribution in [1.29, 1.82) is 0 Å². The maximum atomic E-state index is 13.4. The fourth-order valence-corrected chi connectivity index (χ4v) is 4.23. The van der Waals surface area contributed by atoms with E-state index in [4.69, 9.17) is 15.2 Å². The van der Waals surface area contributed by atoms with Crippen molar-refractivity contribution >= 4 is 53.3 Å². The van der Waals surface area contributed by atoms with Gasteiger partial charge in [0.25, 0.3) is 0 Å². The van der Waals surface area contributed by atoms with E-state index in [9.17, 15) is 43.5 Å². The van der Waals surface area contributed by atoms with Gasteiger partial charge in [-0.1, -0.05) is 26.0 Å². The van der Waals surface area contributed by atoms with Gasteiger partial charge in [0.2, 0.25) is 29.5 Å². The molecule has 0 heterocycles. The highest BCUT2D eigenvalue weighted by Crippen LogP contribution is 2.21. The topological polar surface area (TPSA) is 285 Å². The van der Waals surface area contributed by atoms with Gasteiger partial charge in [-0.2, -0.15) is 0 Å². The Bertz CT molecular complexity index is 1450. The third-order valence-corrected chi connectivity index (χ3v) is 6.68. The lowest BCUT2D eigenvalue weighted by molar-refractivity contribution is -0.165. The van der Waals surface area contributed by atoms with Gasteiger partial charge in [0.05, 0.1) is 13.1 Å². The van der Waals surface area contributed by atoms with Gasteiger partial charge in [0, 0.05) is 12.2 Å². The second-order valence-corrected chi connectivity index (χ2v) is 14.2. The predicted molar refractivity (Wildman–Crippen MR) is 192 cm³/mol. The maximum absolute atomic E-state index is 13.4. The second kappa shape index (κ2) is 21.2. The van der Waals surface area contributed by atoms with Gasteiger partial charge in [0.15, 0.2) is 6.10 Å². The Kier molecular flexibility index (Phi) is 18.2. The van der Waals surface area contributed by atoms with Crippen molar-refractivity contribution in [1.82, 2.24) is 31.9 Å². The van der Waals surface area contributed by atoms with E-state index in [0.717, 1.165) is 0 Å². The molecule has 0 spiro atoms. The lowest BCUT2D eigenvalue weighted by Crippen LogP contribution is -2.56. The zero-order valence-electron chi connectivity index (χ0n) is 31.5. The fourth-order valence-electron chi connectivity index (χ4n) is 4.23. The van der Waals surface area contributed by atoms with E-state index in [2.05, 4.69) is 37.2 Å². The summed E-state index contributed by atoms with van der Waals surface area (Å²) in [5, 5.41) is 27.4. The highest BCUT2D eigenvalue weighted by atomic mass is 16.6. The predicted octanol–water partition coefficient (Wildman–Crippen LogP) is -0.169. The number of rotatable bonds is 18. The lowest BCUT2D eigenvalue weighted by atomic mass is 10.0. The van der Waals surface area contributed by atoms with E-state index < -0.39 is 103 Å². The number of hydrogen-bond donors (Lipinski definition) is 9. The van der Waals surface area contributed by atoms with Crippen molar-refractivity contribution in [3.63, 3.8) is 0 Å². The van der Waals surface area contributed by atoms with Gasteiger partial charge in [-0.3, -0.25) is 24.0 Å². The van der Waals surface area contributed by atoms with Crippen LogP contribution in [-0.2, 0) is 38.2 Å². The number of nitrogens with two attached hydrogens (primary N) is 1. The summed E-state index contributed by atoms with van der Waals surface area (Å²) in [6, 6.07) is 2.71. The molecular weight excluding hydrogens is 696 g/mol. The van der Waals surface area contributed by atoms with Crippen molar-refractivity contribution in [2.75, 3.05) is 31.5 Å². The van der Waals surface area contributed by atoms with Gasteiger partial charge < -0.3 is 57.5 Å². The van der Waals surface area contributed by atoms with Gasteiger partial charge in [-0.25, -0.2) is 14.4 Å². The number of aliphatic hydroxyl groups is 1. The van der Waals surface area contributed by atoms with Crippen LogP contribution in [0.5, 0.6) is 0 Å². The molecule has 1 aromatic carbocycles. The number of carbonyl (C=O) groups excluding carboxylic acids is 8. The largest absolute Gasteiger partial charge is 0.458 e. The number of primary amides is 1. The molecule has 53 heavy (non-hydrogen) atoms. The average molecular weight is 751 g/mol. The van der Waals surface area contributed by atoms with Gasteiger partial charge >= 0.3 is 18.1 Å². The van der Waals surface area contributed by atoms with Crippen LogP contribution in [0.15, 0.2) is 24.3 Å². The van der Waals surface area contributed by atoms with Crippen molar-refractivity contribution in [3.8, 4) is 0 Å². The number of hydrogen-bond acceptors (Lipinski definition) is 11. The number of amides is 8. The monoisotopic (exact) mass is 750 g/mol. The summed E-state index contributed by atoms with van der Waals surface area (Å²) in [5.41, 5.74) is 4.06. The second-order valence-electron chi connectivity index (χ2n) is 14.2. The highest BCUT2D eigenvalue weighted by Gasteiger charge is 2.29. The Morgan fingerprint density at radius 2 is 1.25 bits per heavy atom. The molecule has 3 atom stereocenters. The number of urea groups is 1. The molecule has 8 amide bonds. The Morgan fingerprint density at radius 3 is 1.75 bits per heavy atom. The van der Waals surface area contributed by atoms with Crippen LogP contribution >= 0.6 is 0 Å². The maximum Gasteiger partial charge on any atom is 0.408 e. The lowest BCUT2D eigenvalue weighted by Gasteiger charge is -2.25. The molecule has 1 unspecified atom stereocenters. The zero-order valence-corrected chi connectivity index (χ0v) is 31.5. The molecule has 0 saturated heterocycles. The smallest absolute Gasteiger partial charge is 0.408 e. The van der Waals surface area contributed by atoms with E-state index in [1.165, 1.54) is 24.3 Å². The summed E-state index contributed by atoms with van der Waals surface area (Å²) in [6.07, 6.45) is -2.07. The molecule has 0 aromatic heterocycles. The number of carbonyl (C=O) groups is 8. The number of ether oxygens (including phenoxy) is 2. The Labute approximate surface area is 308 Å². The van der Waals surface area contributed by atoms with Crippen molar-refractivity contribution in [3.05, 3.63) is 29.8 Å². The van der Waals surface area contributed by atoms with Gasteiger partial charge in [-0.05, 0) is 78.0 Å². The van der Waals surface area contributed by atoms with E-state index in [1.54, 1.807) is 55.4 Å². The van der Waals surface area contributed by atoms with E-state index in [-0.39, 0.29) is 30.6 Å². The molecule has 19 nitrogen and oxygen atoms in total. The minimum atomic E-state index is -1.55. The SMILES string of the molecule is CC(C)[C@H](NC(=O)CNC(=O)CNC(=O)CNC(=O)OC(C)(C)C)C(=O)N[C@@H](CCCNC(N)=O)C(=O)Nc1ccc(C(O)C(=O)OC(C)(C)C)cc1. The summed E-state index contributed by atoms with van der Waals surface area (Å²) in [6.45, 7) is 11.9. The molecule has 0 aliphatic carbocycles. The van der Waals surface area contributed by atoms with Crippen LogP contribution < -0.4 is 43.0 Å². The van der Waals surface area contributed by atoms with Crippen LogP contribution in [-0.4, -0.2) is 102 Å². The van der Waals surface area contributed by atoms with E-state index in [0.29, 0.717) is 0 Å². The van der Waals surface area contributed by atoms with Crippen LogP contribution in [0.3, 0.4) is 0 Å². The van der Waals surface area contributed by atoms with E-state index in [1.807, 2.05) is 0 Å². The average Bonchev–Trinajstić information content (AvgIpc) is 3.03. The van der Waals surface area contributed by atoms with Crippen molar-refractivity contribution in [2.45, 2.75) is 97.6 Å². The first-order valence-electron chi connectivity index (χ1n) is 16.9. The first-order valence-corrected chi connectivity index (χ1v) is 16.9. The van der Waals surface area contributed by atoms with Crippen LogP contribution in [0.25, 0.3) is 0 Å². The Morgan fingerprint density at radius 1 is 0.717 bits per heavy atom. The molecule has 1 rings (SSSR count). The number of nitrogens with one attached hydrogen (secondary N) is 7. The molecule has 10 N–H and O–H groups in total. The number of aliphatic hydroxyl groups excluding tert-OH is 1. The third kappa shape index (κ3) is 19.7. The normalized spacial score (nSPS) is 12.9. The quantitative estimate of drug-likeness (QED) is 0.0701. The minimum Gasteiger partial charge on any atom is -0.458 e. The standard InChI is InChI=1S/C34H54N8O11/c1-19(2)26(42-25(45)18-38-23(43)16-37-24(44)17-39-32(51)53-34(6,7)8)29(48)41-22(10-9-15-36-31(35)50)28(47)40-21-13-11-20(12-14-21)27(46)30(49)52-33(3,4)5/h11-14,19,22,26-27,46H,9-10,15-18H2,1-8H3,(H,37,44)(H,38,43)(H,39,51)(H,40,47)(H,41,48)(H,42,45)(H3,35,36,50)/t22-,26-,27?/m0/s1. The molecule has 0 bridgehead atoms. The Hall–Kier alpha value is -5.46. The Balaban J connectivity index is 2.83. The van der Waals surface area contributed by atoms with Gasteiger partial charge in [0.1, 0.15) is 29.8 Å². The first kappa shape index (κ1) is 45.6. The third-order valence-electron chi connectivity index (χ3n) is 6.68. The molecule has 296 valence electrons.